The lowest BCUT2D eigenvalue weighted by atomic mass is 10.2. The molecule has 0 radical (unpaired) electrons. The first kappa shape index (κ1) is 17.5. The van der Waals surface area contributed by atoms with E-state index in [1.165, 1.54) is 22.5 Å². The molecule has 0 aromatic heterocycles. The van der Waals surface area contributed by atoms with Crippen molar-refractivity contribution in [3.8, 4) is 5.75 Å². The van der Waals surface area contributed by atoms with Gasteiger partial charge < -0.3 is 4.74 Å². The second-order valence-corrected chi connectivity index (χ2v) is 8.41. The first-order valence-electron chi connectivity index (χ1n) is 7.51. The third-order valence-corrected chi connectivity index (χ3v) is 6.58. The van der Waals surface area contributed by atoms with E-state index in [0.29, 0.717) is 11.6 Å². The fourth-order valence-electron chi connectivity index (χ4n) is 2.46. The maximum Gasteiger partial charge on any atom is 0.243 e. The highest BCUT2D eigenvalue weighted by Crippen LogP contribution is 2.35. The van der Waals surface area contributed by atoms with Crippen molar-refractivity contribution in [2.24, 2.45) is 0 Å². The summed E-state index contributed by atoms with van der Waals surface area (Å²) in [5, 5.41) is 0.571. The molecule has 1 fully saturated rings. The summed E-state index contributed by atoms with van der Waals surface area (Å²) in [6, 6.07) is 11.8. The molecular weight excluding hydrogens is 369 g/mol. The van der Waals surface area contributed by atoms with Gasteiger partial charge in [-0.25, -0.2) is 8.42 Å². The molecule has 0 atom stereocenters. The summed E-state index contributed by atoms with van der Waals surface area (Å²) >= 11 is 11.9. The van der Waals surface area contributed by atoms with Crippen molar-refractivity contribution in [1.82, 2.24) is 4.31 Å². The second-order valence-electron chi connectivity index (χ2n) is 5.71. The lowest BCUT2D eigenvalue weighted by Gasteiger charge is -2.22. The van der Waals surface area contributed by atoms with E-state index in [1.54, 1.807) is 7.11 Å². The normalized spacial score (nSPS) is 14.8. The summed E-state index contributed by atoms with van der Waals surface area (Å²) < 4.78 is 32.7. The van der Waals surface area contributed by atoms with Gasteiger partial charge in [-0.15, -0.1) is 0 Å². The number of benzene rings is 2. The van der Waals surface area contributed by atoms with Gasteiger partial charge in [0.2, 0.25) is 10.0 Å². The van der Waals surface area contributed by atoms with Crippen LogP contribution in [0.1, 0.15) is 18.4 Å². The van der Waals surface area contributed by atoms with E-state index in [0.717, 1.165) is 24.2 Å². The Morgan fingerprint density at radius 3 is 2.29 bits per heavy atom. The predicted molar refractivity (Wildman–Crippen MR) is 95.2 cm³/mol. The lowest BCUT2D eigenvalue weighted by Crippen LogP contribution is -2.32. The first-order valence-corrected chi connectivity index (χ1v) is 9.71. The Kier molecular flexibility index (Phi) is 5.06. The fourth-order valence-corrected chi connectivity index (χ4v) is 4.52. The van der Waals surface area contributed by atoms with E-state index >= 15 is 0 Å². The number of hydrogen-bond donors (Lipinski definition) is 0. The van der Waals surface area contributed by atoms with Crippen LogP contribution in [0.25, 0.3) is 0 Å². The van der Waals surface area contributed by atoms with Crippen LogP contribution in [0.2, 0.25) is 10.0 Å². The highest BCUT2D eigenvalue weighted by atomic mass is 35.5. The van der Waals surface area contributed by atoms with Crippen LogP contribution in [0.5, 0.6) is 5.75 Å². The molecule has 2 aromatic carbocycles. The van der Waals surface area contributed by atoms with Crippen molar-refractivity contribution >= 4 is 33.2 Å². The van der Waals surface area contributed by atoms with Crippen molar-refractivity contribution in [2.75, 3.05) is 7.11 Å². The lowest BCUT2D eigenvalue weighted by molar-refractivity contribution is 0.397. The van der Waals surface area contributed by atoms with Crippen LogP contribution in [-0.4, -0.2) is 25.9 Å². The molecule has 128 valence electrons. The SMILES string of the molecule is COc1ccc(CN(C2CC2)S(=O)(=O)c2ccc(Cl)c(Cl)c2)cc1. The molecule has 0 N–H and O–H groups in total. The van der Waals surface area contributed by atoms with Gasteiger partial charge >= 0.3 is 0 Å². The van der Waals surface area contributed by atoms with Gasteiger partial charge in [0.1, 0.15) is 5.75 Å². The largest absolute Gasteiger partial charge is 0.497 e. The zero-order valence-corrected chi connectivity index (χ0v) is 15.4. The molecule has 0 unspecified atom stereocenters. The zero-order valence-electron chi connectivity index (χ0n) is 13.1. The highest BCUT2D eigenvalue weighted by molar-refractivity contribution is 7.89. The summed E-state index contributed by atoms with van der Waals surface area (Å²) in [6.45, 7) is 0.317. The van der Waals surface area contributed by atoms with Crippen LogP contribution < -0.4 is 4.74 Å². The molecule has 0 aliphatic heterocycles. The Morgan fingerprint density at radius 1 is 1.08 bits per heavy atom. The van der Waals surface area contributed by atoms with Gasteiger partial charge in [0.25, 0.3) is 0 Å². The first-order chi connectivity index (χ1) is 11.4. The minimum Gasteiger partial charge on any atom is -0.497 e. The molecule has 7 heteroatoms. The van der Waals surface area contributed by atoms with Gasteiger partial charge in [0.15, 0.2) is 0 Å². The van der Waals surface area contributed by atoms with Crippen molar-refractivity contribution in [1.29, 1.82) is 0 Å². The smallest absolute Gasteiger partial charge is 0.243 e. The standard InChI is InChI=1S/C17H17Cl2NO3S/c1-23-14-6-2-12(3-7-14)11-20(13-4-5-13)24(21,22)15-8-9-16(18)17(19)10-15/h2-3,6-10,13H,4-5,11H2,1H3. The van der Waals surface area contributed by atoms with Crippen molar-refractivity contribution in [3.05, 3.63) is 58.1 Å². The van der Waals surface area contributed by atoms with Crippen LogP contribution in [0.3, 0.4) is 0 Å². The molecule has 24 heavy (non-hydrogen) atoms. The van der Waals surface area contributed by atoms with Crippen LogP contribution >= 0.6 is 23.2 Å². The Morgan fingerprint density at radius 2 is 1.75 bits per heavy atom. The van der Waals surface area contributed by atoms with Crippen molar-refractivity contribution < 1.29 is 13.2 Å². The zero-order chi connectivity index (χ0) is 17.3. The molecule has 3 rings (SSSR count). The molecule has 1 aliphatic rings. The monoisotopic (exact) mass is 385 g/mol. The maximum absolute atomic E-state index is 13.0. The molecule has 0 saturated heterocycles. The molecule has 0 bridgehead atoms. The summed E-state index contributed by atoms with van der Waals surface area (Å²) in [4.78, 5) is 0.164. The molecule has 4 nitrogen and oxygen atoms in total. The summed E-state index contributed by atoms with van der Waals surface area (Å²) in [7, 11) is -2.03. The van der Waals surface area contributed by atoms with E-state index in [2.05, 4.69) is 0 Å². The van der Waals surface area contributed by atoms with Gasteiger partial charge in [0.05, 0.1) is 22.1 Å². The van der Waals surface area contributed by atoms with Crippen LogP contribution in [-0.2, 0) is 16.6 Å². The van der Waals surface area contributed by atoms with E-state index in [9.17, 15) is 8.42 Å². The number of halogens is 2. The maximum atomic E-state index is 13.0. The molecular formula is C17H17Cl2NO3S. The summed E-state index contributed by atoms with van der Waals surface area (Å²) in [5.74, 6) is 0.740. The van der Waals surface area contributed by atoms with Crippen LogP contribution in [0, 0.1) is 0 Å². The van der Waals surface area contributed by atoms with E-state index in [4.69, 9.17) is 27.9 Å². The number of ether oxygens (including phenoxy) is 1. The summed E-state index contributed by atoms with van der Waals surface area (Å²) in [5.41, 5.74) is 0.909. The van der Waals surface area contributed by atoms with Gasteiger partial charge in [-0.3, -0.25) is 0 Å². The van der Waals surface area contributed by atoms with Gasteiger partial charge in [-0.1, -0.05) is 35.3 Å². The molecule has 0 amide bonds. The summed E-state index contributed by atoms with van der Waals surface area (Å²) in [6.07, 6.45) is 1.74. The topological polar surface area (TPSA) is 46.6 Å². The Hall–Kier alpha value is -1.27. The van der Waals surface area contributed by atoms with Gasteiger partial charge in [0, 0.05) is 12.6 Å². The number of rotatable bonds is 6. The van der Waals surface area contributed by atoms with Crippen LogP contribution in [0.15, 0.2) is 47.4 Å². The quantitative estimate of drug-likeness (QED) is 0.741. The molecule has 0 spiro atoms. The highest BCUT2D eigenvalue weighted by Gasteiger charge is 2.38. The Balaban J connectivity index is 1.90. The Labute approximate surface area is 152 Å². The Bertz CT molecular complexity index is 833. The van der Waals surface area contributed by atoms with E-state index in [-0.39, 0.29) is 16.0 Å². The minimum absolute atomic E-state index is 0.0338. The molecule has 1 aliphatic carbocycles. The number of nitrogens with zero attached hydrogens (tertiary/aromatic N) is 1. The van der Waals surface area contributed by atoms with Crippen molar-refractivity contribution in [3.63, 3.8) is 0 Å². The second kappa shape index (κ2) is 6.92. The molecule has 1 saturated carbocycles. The third-order valence-electron chi connectivity index (χ3n) is 3.95. The van der Waals surface area contributed by atoms with E-state index < -0.39 is 10.0 Å². The molecule has 2 aromatic rings. The van der Waals surface area contributed by atoms with E-state index in [1.807, 2.05) is 24.3 Å². The van der Waals surface area contributed by atoms with Gasteiger partial charge in [-0.2, -0.15) is 4.31 Å². The number of sulfonamides is 1. The third kappa shape index (κ3) is 3.70. The van der Waals surface area contributed by atoms with Gasteiger partial charge in [-0.05, 0) is 48.7 Å². The van der Waals surface area contributed by atoms with Crippen LogP contribution in [0.4, 0.5) is 0 Å². The number of hydrogen-bond acceptors (Lipinski definition) is 3. The van der Waals surface area contributed by atoms with Crippen molar-refractivity contribution in [2.45, 2.75) is 30.3 Å². The average Bonchev–Trinajstić information content (AvgIpc) is 3.40. The predicted octanol–water partition coefficient (Wildman–Crippen LogP) is 4.36. The molecule has 0 heterocycles. The number of methoxy groups -OCH3 is 1. The minimum atomic E-state index is -3.63. The average molecular weight is 386 g/mol. The fraction of sp³-hybridized carbons (Fsp3) is 0.294.